The standard InChI is InChI=1S/C29H41NO4S/c1-22(10-5-3-6-11-23-12-7-4-8-13-23)26(31)18-15-24-16-20-28(32)30(24)21-9-14-25-17-19-27(35-25)29(33)34-2/h4,7-8,12-13,17,19,22,24,26,31H,3,5-6,9-11,14-16,18,20-21H2,1-2H3/t22-,24?,26+/m0/s1. The third-order valence-corrected chi connectivity index (χ3v) is 8.37. The third kappa shape index (κ3) is 8.76. The van der Waals surface area contributed by atoms with Gasteiger partial charge in [0.25, 0.3) is 0 Å². The second-order valence-corrected chi connectivity index (χ2v) is 11.0. The predicted octanol–water partition coefficient (Wildman–Crippen LogP) is 6.04. The molecule has 5 nitrogen and oxygen atoms in total. The van der Waals surface area contributed by atoms with Crippen LogP contribution in [0, 0.1) is 5.92 Å². The molecule has 1 aliphatic rings. The quantitative estimate of drug-likeness (QED) is 0.240. The fraction of sp³-hybridized carbons (Fsp3) is 0.586. The molecule has 6 heteroatoms. The minimum atomic E-state index is -0.301. The van der Waals surface area contributed by atoms with Crippen LogP contribution in [0.25, 0.3) is 0 Å². The number of rotatable bonds is 15. The van der Waals surface area contributed by atoms with Crippen molar-refractivity contribution in [3.63, 3.8) is 0 Å². The molecule has 35 heavy (non-hydrogen) atoms. The SMILES string of the molecule is COC(=O)c1ccc(CCCN2C(=O)CCC2CC[C@@H](O)[C@@H](C)CCCCCc2ccccc2)s1. The summed E-state index contributed by atoms with van der Waals surface area (Å²) in [4.78, 5) is 27.9. The smallest absolute Gasteiger partial charge is 0.348 e. The van der Waals surface area contributed by atoms with E-state index in [0.717, 1.165) is 62.8 Å². The Morgan fingerprint density at radius 2 is 1.89 bits per heavy atom. The van der Waals surface area contributed by atoms with Crippen LogP contribution in [0.15, 0.2) is 42.5 Å². The first kappa shape index (κ1) is 27.4. The monoisotopic (exact) mass is 499 g/mol. The largest absolute Gasteiger partial charge is 0.465 e. The van der Waals surface area contributed by atoms with Crippen LogP contribution in [0.2, 0.25) is 0 Å². The molecule has 2 heterocycles. The maximum absolute atomic E-state index is 12.4. The number of likely N-dealkylation sites (tertiary alicyclic amines) is 1. The van der Waals surface area contributed by atoms with Crippen molar-refractivity contribution < 1.29 is 19.4 Å². The van der Waals surface area contributed by atoms with Gasteiger partial charge in [0, 0.05) is 23.9 Å². The average molecular weight is 500 g/mol. The zero-order chi connectivity index (χ0) is 25.0. The number of aliphatic hydroxyl groups is 1. The van der Waals surface area contributed by atoms with Crippen molar-refractivity contribution >= 4 is 23.2 Å². The molecule has 1 fully saturated rings. The zero-order valence-corrected chi connectivity index (χ0v) is 22.1. The van der Waals surface area contributed by atoms with Crippen LogP contribution in [0.5, 0.6) is 0 Å². The lowest BCUT2D eigenvalue weighted by Crippen LogP contribution is -2.35. The van der Waals surface area contributed by atoms with Crippen molar-refractivity contribution in [1.29, 1.82) is 0 Å². The van der Waals surface area contributed by atoms with Crippen molar-refractivity contribution in [1.82, 2.24) is 4.90 Å². The summed E-state index contributed by atoms with van der Waals surface area (Å²) in [6.45, 7) is 2.89. The molecule has 1 unspecified atom stereocenters. The van der Waals surface area contributed by atoms with Crippen molar-refractivity contribution in [2.75, 3.05) is 13.7 Å². The normalized spacial score (nSPS) is 17.5. The summed E-state index contributed by atoms with van der Waals surface area (Å²) < 4.78 is 4.77. The first-order valence-corrected chi connectivity index (χ1v) is 14.0. The number of amides is 1. The Morgan fingerprint density at radius 1 is 1.09 bits per heavy atom. The lowest BCUT2D eigenvalue weighted by Gasteiger charge is -2.27. The van der Waals surface area contributed by atoms with Crippen molar-refractivity contribution in [3.8, 4) is 0 Å². The topological polar surface area (TPSA) is 66.8 Å². The number of carbonyl (C=O) groups is 2. The third-order valence-electron chi connectivity index (χ3n) is 7.24. The van der Waals surface area contributed by atoms with E-state index in [4.69, 9.17) is 4.74 Å². The Balaban J connectivity index is 1.32. The van der Waals surface area contributed by atoms with Crippen LogP contribution in [0.3, 0.4) is 0 Å². The molecule has 1 saturated heterocycles. The van der Waals surface area contributed by atoms with Crippen LogP contribution in [0.1, 0.15) is 84.8 Å². The van der Waals surface area contributed by atoms with Gasteiger partial charge < -0.3 is 14.7 Å². The fourth-order valence-corrected chi connectivity index (χ4v) is 5.97. The Bertz CT molecular complexity index is 912. The molecule has 0 bridgehead atoms. The highest BCUT2D eigenvalue weighted by molar-refractivity contribution is 7.13. The molecular weight excluding hydrogens is 458 g/mol. The van der Waals surface area contributed by atoms with E-state index in [1.165, 1.54) is 36.9 Å². The van der Waals surface area contributed by atoms with Gasteiger partial charge in [-0.15, -0.1) is 11.3 Å². The van der Waals surface area contributed by atoms with E-state index < -0.39 is 0 Å². The number of benzene rings is 1. The van der Waals surface area contributed by atoms with E-state index in [1.807, 2.05) is 17.0 Å². The average Bonchev–Trinajstić information content (AvgIpc) is 3.49. The number of thiophene rings is 1. The number of hydrogen-bond acceptors (Lipinski definition) is 5. The molecule has 1 amide bonds. The molecule has 0 saturated carbocycles. The molecule has 0 radical (unpaired) electrons. The van der Waals surface area contributed by atoms with E-state index in [1.54, 1.807) is 0 Å². The molecule has 1 aromatic heterocycles. The number of aliphatic hydroxyl groups excluding tert-OH is 1. The summed E-state index contributed by atoms with van der Waals surface area (Å²) in [5.74, 6) is 0.230. The number of nitrogens with zero attached hydrogens (tertiary/aromatic N) is 1. The highest BCUT2D eigenvalue weighted by atomic mass is 32.1. The number of carbonyl (C=O) groups excluding carboxylic acids is 2. The Labute approximate surface area is 214 Å². The molecule has 2 aromatic rings. The minimum Gasteiger partial charge on any atom is -0.465 e. The maximum Gasteiger partial charge on any atom is 0.348 e. The van der Waals surface area contributed by atoms with Gasteiger partial charge >= 0.3 is 5.97 Å². The van der Waals surface area contributed by atoms with Crippen LogP contribution in [0.4, 0.5) is 0 Å². The van der Waals surface area contributed by atoms with Gasteiger partial charge in [-0.2, -0.15) is 0 Å². The highest BCUT2D eigenvalue weighted by Crippen LogP contribution is 2.27. The van der Waals surface area contributed by atoms with E-state index in [-0.39, 0.29) is 24.0 Å². The first-order valence-electron chi connectivity index (χ1n) is 13.2. The van der Waals surface area contributed by atoms with Gasteiger partial charge in [0.15, 0.2) is 0 Å². The van der Waals surface area contributed by atoms with Gasteiger partial charge in [0.1, 0.15) is 4.88 Å². The van der Waals surface area contributed by atoms with E-state index in [0.29, 0.717) is 17.2 Å². The Hall–Kier alpha value is -2.18. The summed E-state index contributed by atoms with van der Waals surface area (Å²) in [6.07, 6.45) is 10.3. The van der Waals surface area contributed by atoms with Gasteiger partial charge in [-0.05, 0) is 75.0 Å². The van der Waals surface area contributed by atoms with E-state index in [9.17, 15) is 14.7 Å². The van der Waals surface area contributed by atoms with Crippen LogP contribution < -0.4 is 0 Å². The Morgan fingerprint density at radius 3 is 2.66 bits per heavy atom. The lowest BCUT2D eigenvalue weighted by atomic mass is 9.92. The highest BCUT2D eigenvalue weighted by Gasteiger charge is 2.31. The van der Waals surface area contributed by atoms with Crippen molar-refractivity contribution in [2.24, 2.45) is 5.92 Å². The maximum atomic E-state index is 12.4. The second kappa shape index (κ2) is 14.4. The number of aryl methyl sites for hydroxylation is 2. The van der Waals surface area contributed by atoms with E-state index >= 15 is 0 Å². The number of methoxy groups -OCH3 is 1. The summed E-state index contributed by atoms with van der Waals surface area (Å²) in [5, 5.41) is 10.7. The number of ether oxygens (including phenoxy) is 1. The molecule has 3 atom stereocenters. The zero-order valence-electron chi connectivity index (χ0n) is 21.3. The van der Waals surface area contributed by atoms with Gasteiger partial charge in [0.05, 0.1) is 13.2 Å². The Kier molecular flexibility index (Phi) is 11.3. The summed E-state index contributed by atoms with van der Waals surface area (Å²) >= 11 is 1.46. The summed E-state index contributed by atoms with van der Waals surface area (Å²) in [5.41, 5.74) is 1.40. The van der Waals surface area contributed by atoms with Gasteiger partial charge in [0.2, 0.25) is 5.91 Å². The van der Waals surface area contributed by atoms with Crippen LogP contribution in [-0.2, 0) is 22.4 Å². The van der Waals surface area contributed by atoms with Crippen molar-refractivity contribution in [3.05, 3.63) is 57.8 Å². The summed E-state index contributed by atoms with van der Waals surface area (Å²) in [7, 11) is 1.39. The van der Waals surface area contributed by atoms with Gasteiger partial charge in [-0.3, -0.25) is 4.79 Å². The summed E-state index contributed by atoms with van der Waals surface area (Å²) in [6, 6.07) is 14.6. The number of hydrogen-bond donors (Lipinski definition) is 1. The molecule has 0 aliphatic carbocycles. The van der Waals surface area contributed by atoms with Crippen molar-refractivity contribution in [2.45, 2.75) is 89.7 Å². The minimum absolute atomic E-state index is 0.234. The lowest BCUT2D eigenvalue weighted by molar-refractivity contribution is -0.129. The molecule has 3 rings (SSSR count). The van der Waals surface area contributed by atoms with Crippen LogP contribution >= 0.6 is 11.3 Å². The molecule has 192 valence electrons. The van der Waals surface area contributed by atoms with Gasteiger partial charge in [-0.1, -0.05) is 50.1 Å². The molecule has 1 N–H and O–H groups in total. The first-order chi connectivity index (χ1) is 17.0. The molecule has 1 aliphatic heterocycles. The number of esters is 1. The van der Waals surface area contributed by atoms with E-state index in [2.05, 4.69) is 37.3 Å². The molecule has 0 spiro atoms. The molecular formula is C29H41NO4S. The fourth-order valence-electron chi connectivity index (χ4n) is 5.00. The van der Waals surface area contributed by atoms with Crippen LogP contribution in [-0.4, -0.2) is 47.7 Å². The molecule has 1 aromatic carbocycles. The van der Waals surface area contributed by atoms with Gasteiger partial charge in [-0.25, -0.2) is 4.79 Å². The second-order valence-electron chi connectivity index (χ2n) is 9.85. The predicted molar refractivity (Wildman–Crippen MR) is 142 cm³/mol. The number of unbranched alkanes of at least 4 members (excludes halogenated alkanes) is 2.